The summed E-state index contributed by atoms with van der Waals surface area (Å²) in [5, 5.41) is 0. The molecule has 2 saturated heterocycles. The Kier molecular flexibility index (Phi) is 4.60. The van der Waals surface area contributed by atoms with E-state index in [4.69, 9.17) is 9.47 Å². The SMILES string of the molecule is O=C(CCc1ccc2c(c1)OCO2)N1CCC(N2CCCC2)CC1. The van der Waals surface area contributed by atoms with Crippen LogP contribution in [0.5, 0.6) is 11.5 Å². The molecule has 3 aliphatic heterocycles. The van der Waals surface area contributed by atoms with E-state index in [0.29, 0.717) is 19.3 Å². The van der Waals surface area contributed by atoms with Gasteiger partial charge in [0.15, 0.2) is 11.5 Å². The molecular weight excluding hydrogens is 304 g/mol. The van der Waals surface area contributed by atoms with Gasteiger partial charge in [0.2, 0.25) is 12.7 Å². The zero-order chi connectivity index (χ0) is 16.4. The van der Waals surface area contributed by atoms with E-state index in [2.05, 4.69) is 9.80 Å². The summed E-state index contributed by atoms with van der Waals surface area (Å²) in [7, 11) is 0. The molecule has 5 nitrogen and oxygen atoms in total. The van der Waals surface area contributed by atoms with E-state index < -0.39 is 0 Å². The van der Waals surface area contributed by atoms with Crippen molar-refractivity contribution in [1.29, 1.82) is 0 Å². The molecule has 0 bridgehead atoms. The monoisotopic (exact) mass is 330 g/mol. The highest BCUT2D eigenvalue weighted by molar-refractivity contribution is 5.76. The normalized spacial score (nSPS) is 21.4. The van der Waals surface area contributed by atoms with Crippen molar-refractivity contribution in [3.63, 3.8) is 0 Å². The summed E-state index contributed by atoms with van der Waals surface area (Å²) in [6, 6.07) is 6.66. The Balaban J connectivity index is 1.25. The number of benzene rings is 1. The van der Waals surface area contributed by atoms with Crippen LogP contribution in [0.4, 0.5) is 0 Å². The number of aryl methyl sites for hydroxylation is 1. The van der Waals surface area contributed by atoms with Crippen LogP contribution in [-0.4, -0.2) is 54.7 Å². The van der Waals surface area contributed by atoms with Crippen LogP contribution in [0.15, 0.2) is 18.2 Å². The molecule has 3 heterocycles. The fourth-order valence-corrected chi connectivity index (χ4v) is 4.09. The van der Waals surface area contributed by atoms with Crippen LogP contribution >= 0.6 is 0 Å². The van der Waals surface area contributed by atoms with E-state index >= 15 is 0 Å². The molecule has 4 rings (SSSR count). The lowest BCUT2D eigenvalue weighted by molar-refractivity contribution is -0.132. The van der Waals surface area contributed by atoms with Gasteiger partial charge in [0, 0.05) is 25.6 Å². The molecule has 0 saturated carbocycles. The molecule has 0 radical (unpaired) electrons. The van der Waals surface area contributed by atoms with Crippen molar-refractivity contribution in [3.8, 4) is 11.5 Å². The third kappa shape index (κ3) is 3.36. The van der Waals surface area contributed by atoms with Gasteiger partial charge in [-0.15, -0.1) is 0 Å². The first kappa shape index (κ1) is 15.8. The summed E-state index contributed by atoms with van der Waals surface area (Å²) in [5.74, 6) is 1.88. The number of ether oxygens (including phenoxy) is 2. The molecule has 0 N–H and O–H groups in total. The minimum atomic E-state index is 0.285. The lowest BCUT2D eigenvalue weighted by Gasteiger charge is -2.36. The van der Waals surface area contributed by atoms with Crippen LogP contribution in [0.25, 0.3) is 0 Å². The zero-order valence-electron chi connectivity index (χ0n) is 14.2. The second kappa shape index (κ2) is 7.01. The molecule has 0 aliphatic carbocycles. The van der Waals surface area contributed by atoms with Gasteiger partial charge in [0.1, 0.15) is 0 Å². The van der Waals surface area contributed by atoms with Gasteiger partial charge in [-0.1, -0.05) is 6.07 Å². The summed E-state index contributed by atoms with van der Waals surface area (Å²) in [6.45, 7) is 4.64. The first-order valence-corrected chi connectivity index (χ1v) is 9.20. The predicted octanol–water partition coefficient (Wildman–Crippen LogP) is 2.43. The van der Waals surface area contributed by atoms with Crippen LogP contribution in [-0.2, 0) is 11.2 Å². The van der Waals surface area contributed by atoms with E-state index in [1.165, 1.54) is 25.9 Å². The van der Waals surface area contributed by atoms with Crippen molar-refractivity contribution in [3.05, 3.63) is 23.8 Å². The Hall–Kier alpha value is -1.75. The van der Waals surface area contributed by atoms with E-state index in [1.807, 2.05) is 18.2 Å². The molecule has 1 aromatic rings. The fourth-order valence-electron chi connectivity index (χ4n) is 4.09. The van der Waals surface area contributed by atoms with Gasteiger partial charge in [-0.2, -0.15) is 0 Å². The quantitative estimate of drug-likeness (QED) is 0.850. The number of likely N-dealkylation sites (tertiary alicyclic amines) is 2. The maximum atomic E-state index is 12.5. The molecule has 0 atom stereocenters. The molecule has 2 fully saturated rings. The number of rotatable bonds is 4. The number of carbonyl (C=O) groups excluding carboxylic acids is 1. The molecule has 130 valence electrons. The average molecular weight is 330 g/mol. The van der Waals surface area contributed by atoms with Crippen LogP contribution in [0, 0.1) is 0 Å². The lowest BCUT2D eigenvalue weighted by atomic mass is 10.0. The number of carbonyl (C=O) groups is 1. The Morgan fingerprint density at radius 1 is 1.04 bits per heavy atom. The lowest BCUT2D eigenvalue weighted by Crippen LogP contribution is -2.45. The Morgan fingerprint density at radius 2 is 1.79 bits per heavy atom. The minimum absolute atomic E-state index is 0.285. The van der Waals surface area contributed by atoms with Crippen molar-refractivity contribution in [2.45, 2.75) is 44.6 Å². The first-order valence-electron chi connectivity index (χ1n) is 9.20. The van der Waals surface area contributed by atoms with Gasteiger partial charge in [0.05, 0.1) is 0 Å². The Morgan fingerprint density at radius 3 is 2.58 bits per heavy atom. The Labute approximate surface area is 143 Å². The molecule has 0 aromatic heterocycles. The fraction of sp³-hybridized carbons (Fsp3) is 0.632. The molecule has 0 unspecified atom stereocenters. The maximum absolute atomic E-state index is 12.5. The molecule has 24 heavy (non-hydrogen) atoms. The summed E-state index contributed by atoms with van der Waals surface area (Å²) >= 11 is 0. The van der Waals surface area contributed by atoms with E-state index in [0.717, 1.165) is 49.4 Å². The van der Waals surface area contributed by atoms with Crippen LogP contribution in [0.1, 0.15) is 37.7 Å². The van der Waals surface area contributed by atoms with Crippen molar-refractivity contribution in [2.75, 3.05) is 33.0 Å². The summed E-state index contributed by atoms with van der Waals surface area (Å²) in [6.07, 6.45) is 6.30. The van der Waals surface area contributed by atoms with E-state index in [-0.39, 0.29) is 5.91 Å². The number of hydrogen-bond donors (Lipinski definition) is 0. The highest BCUT2D eigenvalue weighted by Gasteiger charge is 2.28. The summed E-state index contributed by atoms with van der Waals surface area (Å²) < 4.78 is 10.7. The van der Waals surface area contributed by atoms with Crippen molar-refractivity contribution in [2.24, 2.45) is 0 Å². The minimum Gasteiger partial charge on any atom is -0.454 e. The smallest absolute Gasteiger partial charge is 0.231 e. The van der Waals surface area contributed by atoms with Gasteiger partial charge in [-0.25, -0.2) is 0 Å². The number of hydrogen-bond acceptors (Lipinski definition) is 4. The molecule has 1 aromatic carbocycles. The highest BCUT2D eigenvalue weighted by atomic mass is 16.7. The maximum Gasteiger partial charge on any atom is 0.231 e. The topological polar surface area (TPSA) is 42.0 Å². The summed E-state index contributed by atoms with van der Waals surface area (Å²) in [5.41, 5.74) is 1.14. The molecular formula is C19H26N2O3. The molecule has 0 spiro atoms. The summed E-state index contributed by atoms with van der Waals surface area (Å²) in [4.78, 5) is 17.2. The first-order chi connectivity index (χ1) is 11.8. The molecule has 3 aliphatic rings. The predicted molar refractivity (Wildman–Crippen MR) is 91.3 cm³/mol. The van der Waals surface area contributed by atoms with E-state index in [9.17, 15) is 4.79 Å². The standard InChI is InChI=1S/C19H26N2O3/c22-19(6-4-15-3-5-17-18(13-15)24-14-23-17)21-11-7-16(8-12-21)20-9-1-2-10-20/h3,5,13,16H,1-2,4,6-12,14H2. The van der Waals surface area contributed by atoms with Gasteiger partial charge in [-0.3, -0.25) is 4.79 Å². The second-order valence-corrected chi connectivity index (χ2v) is 7.04. The van der Waals surface area contributed by atoms with Gasteiger partial charge in [0.25, 0.3) is 0 Å². The number of amides is 1. The van der Waals surface area contributed by atoms with Gasteiger partial charge in [-0.05, 0) is 62.9 Å². The average Bonchev–Trinajstić information content (AvgIpc) is 3.31. The zero-order valence-corrected chi connectivity index (χ0v) is 14.2. The van der Waals surface area contributed by atoms with Gasteiger partial charge >= 0.3 is 0 Å². The molecule has 1 amide bonds. The van der Waals surface area contributed by atoms with E-state index in [1.54, 1.807) is 0 Å². The van der Waals surface area contributed by atoms with Crippen molar-refractivity contribution in [1.82, 2.24) is 9.80 Å². The Bertz CT molecular complexity index is 590. The number of piperidine rings is 1. The third-order valence-electron chi connectivity index (χ3n) is 5.54. The van der Waals surface area contributed by atoms with Gasteiger partial charge < -0.3 is 19.3 Å². The number of nitrogens with zero attached hydrogens (tertiary/aromatic N) is 2. The highest BCUT2D eigenvalue weighted by Crippen LogP contribution is 2.32. The van der Waals surface area contributed by atoms with Crippen LogP contribution in [0.3, 0.4) is 0 Å². The van der Waals surface area contributed by atoms with Crippen LogP contribution in [0.2, 0.25) is 0 Å². The van der Waals surface area contributed by atoms with Crippen molar-refractivity contribution >= 4 is 5.91 Å². The second-order valence-electron chi connectivity index (χ2n) is 7.04. The number of fused-ring (bicyclic) bond motifs is 1. The molecule has 5 heteroatoms. The van der Waals surface area contributed by atoms with Crippen molar-refractivity contribution < 1.29 is 14.3 Å². The van der Waals surface area contributed by atoms with Crippen LogP contribution < -0.4 is 9.47 Å². The largest absolute Gasteiger partial charge is 0.454 e. The third-order valence-corrected chi connectivity index (χ3v) is 5.54.